The summed E-state index contributed by atoms with van der Waals surface area (Å²) in [4.78, 5) is 3.96. The van der Waals surface area contributed by atoms with Gasteiger partial charge in [0, 0.05) is 25.2 Å². The minimum absolute atomic E-state index is 0.292. The summed E-state index contributed by atoms with van der Waals surface area (Å²) in [5.41, 5.74) is 0.292. The molecule has 0 bridgehead atoms. The van der Waals surface area contributed by atoms with Gasteiger partial charge in [0.15, 0.2) is 5.82 Å². The second-order valence-corrected chi connectivity index (χ2v) is 5.52. The monoisotopic (exact) mass is 236 g/mol. The van der Waals surface area contributed by atoms with Gasteiger partial charge in [0.25, 0.3) is 0 Å². The number of piperazine rings is 1. The number of aryl methyl sites for hydroxylation is 1. The Labute approximate surface area is 101 Å². The van der Waals surface area contributed by atoms with Crippen molar-refractivity contribution < 1.29 is 0 Å². The normalized spacial score (nSPS) is 30.7. The Morgan fingerprint density at radius 2 is 2.29 bits per heavy atom. The Morgan fingerprint density at radius 1 is 1.47 bits per heavy atom. The molecule has 1 aliphatic carbocycles. The molecule has 0 amide bonds. The third-order valence-electron chi connectivity index (χ3n) is 3.90. The largest absolute Gasteiger partial charge is 0.309 e. The summed E-state index contributed by atoms with van der Waals surface area (Å²) in [6.45, 7) is 6.39. The lowest BCUT2D eigenvalue weighted by atomic mass is 9.93. The molecule has 1 aromatic heterocycles. The van der Waals surface area contributed by atoms with Gasteiger partial charge >= 0.3 is 0 Å². The Bertz CT molecular complexity index is 398. The van der Waals surface area contributed by atoms with Crippen molar-refractivity contribution in [2.75, 3.05) is 19.6 Å². The Kier molecular flexibility index (Phi) is 2.63. The SMILES string of the molecule is Cn1nnc(CN2CCNC(C)(C3CC3)C2)n1. The maximum atomic E-state index is 4.25. The molecule has 2 aliphatic rings. The van der Waals surface area contributed by atoms with Crippen LogP contribution in [0.5, 0.6) is 0 Å². The highest BCUT2D eigenvalue weighted by Crippen LogP contribution is 2.40. The number of aromatic nitrogens is 4. The van der Waals surface area contributed by atoms with Gasteiger partial charge in [0.1, 0.15) is 0 Å². The van der Waals surface area contributed by atoms with Crippen LogP contribution >= 0.6 is 0 Å². The Morgan fingerprint density at radius 3 is 2.94 bits per heavy atom. The first kappa shape index (κ1) is 11.1. The molecule has 1 saturated heterocycles. The standard InChI is InChI=1S/C11H20N6/c1-11(9-3-4-9)8-17(6-5-12-11)7-10-13-15-16(2)14-10/h9,12H,3-8H2,1-2H3. The second-order valence-electron chi connectivity index (χ2n) is 5.52. The molecular formula is C11H20N6. The Hall–Kier alpha value is -1.01. The van der Waals surface area contributed by atoms with Gasteiger partial charge in [-0.05, 0) is 30.9 Å². The molecule has 1 aromatic rings. The predicted molar refractivity (Wildman–Crippen MR) is 63.2 cm³/mol. The van der Waals surface area contributed by atoms with Gasteiger partial charge in [-0.3, -0.25) is 4.90 Å². The predicted octanol–water partition coefficient (Wildman–Crippen LogP) is -0.216. The highest BCUT2D eigenvalue weighted by Gasteiger charge is 2.43. The van der Waals surface area contributed by atoms with Crippen LogP contribution in [0.25, 0.3) is 0 Å². The van der Waals surface area contributed by atoms with Crippen LogP contribution in [0, 0.1) is 5.92 Å². The van der Waals surface area contributed by atoms with Crippen LogP contribution in [-0.4, -0.2) is 50.3 Å². The molecule has 1 unspecified atom stereocenters. The number of nitrogens with one attached hydrogen (secondary N) is 1. The molecule has 0 spiro atoms. The average Bonchev–Trinajstić information content (AvgIpc) is 3.05. The number of tetrazole rings is 1. The maximum Gasteiger partial charge on any atom is 0.188 e. The number of hydrogen-bond donors (Lipinski definition) is 1. The molecule has 94 valence electrons. The first-order valence-corrected chi connectivity index (χ1v) is 6.36. The van der Waals surface area contributed by atoms with Crippen molar-refractivity contribution in [3.8, 4) is 0 Å². The zero-order valence-electron chi connectivity index (χ0n) is 10.6. The zero-order chi connectivity index (χ0) is 11.9. The van der Waals surface area contributed by atoms with Gasteiger partial charge in [-0.15, -0.1) is 10.2 Å². The molecule has 2 heterocycles. The van der Waals surface area contributed by atoms with Crippen molar-refractivity contribution in [1.82, 2.24) is 30.4 Å². The van der Waals surface area contributed by atoms with Crippen LogP contribution in [0.1, 0.15) is 25.6 Å². The van der Waals surface area contributed by atoms with E-state index in [1.54, 1.807) is 0 Å². The lowest BCUT2D eigenvalue weighted by Crippen LogP contribution is -2.59. The van der Waals surface area contributed by atoms with Crippen molar-refractivity contribution in [1.29, 1.82) is 0 Å². The van der Waals surface area contributed by atoms with Crippen LogP contribution < -0.4 is 5.32 Å². The lowest BCUT2D eigenvalue weighted by Gasteiger charge is -2.41. The van der Waals surface area contributed by atoms with Gasteiger partial charge < -0.3 is 5.32 Å². The molecule has 1 aliphatic heterocycles. The van der Waals surface area contributed by atoms with Gasteiger partial charge in [0.2, 0.25) is 0 Å². The fraction of sp³-hybridized carbons (Fsp3) is 0.909. The molecule has 2 fully saturated rings. The molecule has 1 saturated carbocycles. The third-order valence-corrected chi connectivity index (χ3v) is 3.90. The van der Waals surface area contributed by atoms with E-state index in [0.29, 0.717) is 5.54 Å². The second kappa shape index (κ2) is 4.03. The van der Waals surface area contributed by atoms with Crippen LogP contribution in [0.15, 0.2) is 0 Å². The fourth-order valence-corrected chi connectivity index (χ4v) is 2.81. The summed E-state index contributed by atoms with van der Waals surface area (Å²) in [7, 11) is 1.81. The number of rotatable bonds is 3. The van der Waals surface area contributed by atoms with E-state index in [4.69, 9.17) is 0 Å². The first-order valence-electron chi connectivity index (χ1n) is 6.36. The van der Waals surface area contributed by atoms with Crippen molar-refractivity contribution >= 4 is 0 Å². The zero-order valence-corrected chi connectivity index (χ0v) is 10.6. The van der Waals surface area contributed by atoms with E-state index < -0.39 is 0 Å². The molecule has 0 aromatic carbocycles. The van der Waals surface area contributed by atoms with Crippen molar-refractivity contribution in [3.05, 3.63) is 5.82 Å². The van der Waals surface area contributed by atoms with Gasteiger partial charge in [-0.2, -0.15) is 4.80 Å². The lowest BCUT2D eigenvalue weighted by molar-refractivity contribution is 0.119. The minimum Gasteiger partial charge on any atom is -0.309 e. The van der Waals surface area contributed by atoms with E-state index in [1.807, 2.05) is 7.05 Å². The molecular weight excluding hydrogens is 216 g/mol. The highest BCUT2D eigenvalue weighted by atomic mass is 15.6. The molecule has 1 atom stereocenters. The first-order chi connectivity index (χ1) is 8.16. The van der Waals surface area contributed by atoms with Gasteiger partial charge in [-0.25, -0.2) is 0 Å². The third kappa shape index (κ3) is 2.32. The summed E-state index contributed by atoms with van der Waals surface area (Å²) >= 11 is 0. The summed E-state index contributed by atoms with van der Waals surface area (Å²) < 4.78 is 0. The molecule has 17 heavy (non-hydrogen) atoms. The van der Waals surface area contributed by atoms with E-state index >= 15 is 0 Å². The van der Waals surface area contributed by atoms with Crippen LogP contribution in [0.2, 0.25) is 0 Å². The fourth-order valence-electron chi connectivity index (χ4n) is 2.81. The molecule has 6 nitrogen and oxygen atoms in total. The summed E-state index contributed by atoms with van der Waals surface area (Å²) in [6, 6.07) is 0. The van der Waals surface area contributed by atoms with E-state index in [-0.39, 0.29) is 0 Å². The molecule has 6 heteroatoms. The topological polar surface area (TPSA) is 58.9 Å². The van der Waals surface area contributed by atoms with E-state index in [2.05, 4.69) is 32.6 Å². The van der Waals surface area contributed by atoms with Crippen LogP contribution in [-0.2, 0) is 13.6 Å². The minimum atomic E-state index is 0.292. The van der Waals surface area contributed by atoms with Crippen LogP contribution in [0.3, 0.4) is 0 Å². The van der Waals surface area contributed by atoms with Gasteiger partial charge in [-0.1, -0.05) is 0 Å². The van der Waals surface area contributed by atoms with Gasteiger partial charge in [0.05, 0.1) is 13.6 Å². The Balaban J connectivity index is 1.63. The molecule has 0 radical (unpaired) electrons. The number of nitrogens with zero attached hydrogens (tertiary/aromatic N) is 5. The summed E-state index contributed by atoms with van der Waals surface area (Å²) in [5.74, 6) is 1.69. The number of hydrogen-bond acceptors (Lipinski definition) is 5. The average molecular weight is 236 g/mol. The molecule has 1 N–H and O–H groups in total. The maximum absolute atomic E-state index is 4.25. The summed E-state index contributed by atoms with van der Waals surface area (Å²) in [6.07, 6.45) is 2.75. The smallest absolute Gasteiger partial charge is 0.188 e. The quantitative estimate of drug-likeness (QED) is 0.786. The van der Waals surface area contributed by atoms with E-state index in [1.165, 1.54) is 17.6 Å². The van der Waals surface area contributed by atoms with E-state index in [0.717, 1.165) is 37.9 Å². The highest BCUT2D eigenvalue weighted by molar-refractivity contribution is 5.02. The van der Waals surface area contributed by atoms with Crippen molar-refractivity contribution in [3.63, 3.8) is 0 Å². The van der Waals surface area contributed by atoms with Crippen LogP contribution in [0.4, 0.5) is 0 Å². The van der Waals surface area contributed by atoms with E-state index in [9.17, 15) is 0 Å². The summed E-state index contributed by atoms with van der Waals surface area (Å²) in [5, 5.41) is 15.9. The van der Waals surface area contributed by atoms with Crippen molar-refractivity contribution in [2.24, 2.45) is 13.0 Å². The molecule has 3 rings (SSSR count). The van der Waals surface area contributed by atoms with Crippen molar-refractivity contribution in [2.45, 2.75) is 31.8 Å².